The number of nitrogens with zero attached hydrogens (tertiary/aromatic N) is 1. The summed E-state index contributed by atoms with van der Waals surface area (Å²) in [7, 11) is 5.18. The smallest absolute Gasteiger partial charge is 0.289 e. The van der Waals surface area contributed by atoms with Gasteiger partial charge in [-0.2, -0.15) is 0 Å². The molecule has 0 aliphatic rings. The number of rotatable bonds is 6. The van der Waals surface area contributed by atoms with Crippen molar-refractivity contribution < 1.29 is 13.9 Å². The van der Waals surface area contributed by atoms with Crippen molar-refractivity contribution in [3.63, 3.8) is 0 Å². The average Bonchev–Trinajstić information content (AvgIpc) is 2.74. The molecule has 1 amide bonds. The van der Waals surface area contributed by atoms with E-state index in [9.17, 15) is 4.79 Å². The van der Waals surface area contributed by atoms with Crippen molar-refractivity contribution in [3.8, 4) is 0 Å². The minimum absolute atomic E-state index is 0. The molecule has 1 aromatic heterocycles. The van der Waals surface area contributed by atoms with Crippen LogP contribution in [0.5, 0.6) is 0 Å². The van der Waals surface area contributed by atoms with E-state index < -0.39 is 0 Å². The summed E-state index contributed by atoms with van der Waals surface area (Å²) >= 11 is 0. The first-order valence-electron chi connectivity index (χ1n) is 5.16. The van der Waals surface area contributed by atoms with Gasteiger partial charge in [-0.1, -0.05) is 0 Å². The number of nitrogens with one attached hydrogen (secondary N) is 1. The summed E-state index contributed by atoms with van der Waals surface area (Å²) < 4.78 is 10.3. The molecular weight excluding hydrogens is 244 g/mol. The van der Waals surface area contributed by atoms with Crippen LogP contribution in [0.4, 0.5) is 0 Å². The van der Waals surface area contributed by atoms with Crippen LogP contribution in [0.3, 0.4) is 0 Å². The van der Waals surface area contributed by atoms with Crippen molar-refractivity contribution in [2.75, 3.05) is 34.3 Å². The van der Waals surface area contributed by atoms with E-state index in [1.807, 2.05) is 7.05 Å². The maximum Gasteiger partial charge on any atom is 0.289 e. The van der Waals surface area contributed by atoms with Crippen LogP contribution >= 0.6 is 12.4 Å². The van der Waals surface area contributed by atoms with E-state index in [4.69, 9.17) is 9.15 Å². The van der Waals surface area contributed by atoms with Crippen LogP contribution < -0.4 is 5.32 Å². The van der Waals surface area contributed by atoms with E-state index in [-0.39, 0.29) is 18.3 Å². The first-order chi connectivity index (χ1) is 7.69. The van der Waals surface area contributed by atoms with Gasteiger partial charge in [-0.05, 0) is 19.2 Å². The molecule has 0 aliphatic carbocycles. The van der Waals surface area contributed by atoms with Gasteiger partial charge in [0, 0.05) is 27.2 Å². The van der Waals surface area contributed by atoms with E-state index >= 15 is 0 Å². The van der Waals surface area contributed by atoms with Gasteiger partial charge in [-0.25, -0.2) is 0 Å². The van der Waals surface area contributed by atoms with Gasteiger partial charge in [0.1, 0.15) is 12.4 Å². The summed E-state index contributed by atoms with van der Waals surface area (Å²) in [6, 6.07) is 3.43. The van der Waals surface area contributed by atoms with Crippen LogP contribution in [0.15, 0.2) is 16.5 Å². The summed E-state index contributed by atoms with van der Waals surface area (Å²) in [5.41, 5.74) is 0. The maximum atomic E-state index is 11.8. The topological polar surface area (TPSA) is 54.7 Å². The van der Waals surface area contributed by atoms with Gasteiger partial charge in [0.15, 0.2) is 5.76 Å². The SMILES string of the molecule is CNCCN(C)C(=O)c1ccc(COC)o1.Cl. The highest BCUT2D eigenvalue weighted by Gasteiger charge is 2.15. The predicted molar refractivity (Wildman–Crippen MR) is 67.6 cm³/mol. The number of halogens is 1. The zero-order valence-electron chi connectivity index (χ0n) is 10.4. The quantitative estimate of drug-likeness (QED) is 0.835. The summed E-state index contributed by atoms with van der Waals surface area (Å²) in [4.78, 5) is 13.4. The molecular formula is C11H19ClN2O3. The molecule has 1 heterocycles. The molecule has 0 spiro atoms. The molecule has 0 saturated carbocycles. The Labute approximate surface area is 108 Å². The Bertz CT molecular complexity index is 341. The Morgan fingerprint density at radius 2 is 2.24 bits per heavy atom. The van der Waals surface area contributed by atoms with Gasteiger partial charge < -0.3 is 19.4 Å². The predicted octanol–water partition coefficient (Wildman–Crippen LogP) is 1.14. The maximum absolute atomic E-state index is 11.8. The minimum atomic E-state index is -0.113. The largest absolute Gasteiger partial charge is 0.453 e. The van der Waals surface area contributed by atoms with Crippen LogP contribution in [-0.4, -0.2) is 45.1 Å². The second-order valence-electron chi connectivity index (χ2n) is 3.53. The van der Waals surface area contributed by atoms with E-state index in [1.54, 1.807) is 31.2 Å². The van der Waals surface area contributed by atoms with Crippen molar-refractivity contribution in [2.24, 2.45) is 0 Å². The fourth-order valence-electron chi connectivity index (χ4n) is 1.28. The van der Waals surface area contributed by atoms with E-state index in [1.165, 1.54) is 0 Å². The molecule has 1 rings (SSSR count). The number of likely N-dealkylation sites (N-methyl/N-ethyl adjacent to an activating group) is 2. The standard InChI is InChI=1S/C11H18N2O3.ClH/c1-12-6-7-13(2)11(14)10-5-4-9(16-10)8-15-3;/h4-5,12H,6-8H2,1-3H3;1H. The first-order valence-corrected chi connectivity index (χ1v) is 5.16. The van der Waals surface area contributed by atoms with E-state index in [0.29, 0.717) is 24.7 Å². The average molecular weight is 263 g/mol. The fourth-order valence-corrected chi connectivity index (χ4v) is 1.28. The lowest BCUT2D eigenvalue weighted by Gasteiger charge is -2.14. The third-order valence-corrected chi connectivity index (χ3v) is 2.20. The molecule has 5 nitrogen and oxygen atoms in total. The van der Waals surface area contributed by atoms with E-state index in [2.05, 4.69) is 5.32 Å². The summed E-state index contributed by atoms with van der Waals surface area (Å²) in [5, 5.41) is 2.99. The first kappa shape index (κ1) is 16.0. The van der Waals surface area contributed by atoms with Gasteiger partial charge in [0.25, 0.3) is 5.91 Å². The van der Waals surface area contributed by atoms with Crippen LogP contribution in [-0.2, 0) is 11.3 Å². The molecule has 0 atom stereocenters. The Morgan fingerprint density at radius 3 is 2.82 bits per heavy atom. The molecule has 0 aliphatic heterocycles. The zero-order chi connectivity index (χ0) is 12.0. The van der Waals surface area contributed by atoms with Crippen molar-refractivity contribution in [2.45, 2.75) is 6.61 Å². The molecule has 0 saturated heterocycles. The van der Waals surface area contributed by atoms with Crippen molar-refractivity contribution in [1.82, 2.24) is 10.2 Å². The van der Waals surface area contributed by atoms with Gasteiger partial charge >= 0.3 is 0 Å². The van der Waals surface area contributed by atoms with Crippen LogP contribution in [0.2, 0.25) is 0 Å². The van der Waals surface area contributed by atoms with Gasteiger partial charge in [-0.15, -0.1) is 12.4 Å². The second-order valence-corrected chi connectivity index (χ2v) is 3.53. The summed E-state index contributed by atoms with van der Waals surface area (Å²) in [6.45, 7) is 1.79. The lowest BCUT2D eigenvalue weighted by atomic mass is 10.4. The lowest BCUT2D eigenvalue weighted by molar-refractivity contribution is 0.0757. The van der Waals surface area contributed by atoms with Crippen LogP contribution in [0, 0.1) is 0 Å². The molecule has 1 aromatic rings. The second kappa shape index (κ2) is 8.11. The molecule has 0 aromatic carbocycles. The van der Waals surface area contributed by atoms with Gasteiger partial charge in [0.05, 0.1) is 0 Å². The Kier molecular flexibility index (Phi) is 7.61. The van der Waals surface area contributed by atoms with Gasteiger partial charge in [-0.3, -0.25) is 4.79 Å². The Morgan fingerprint density at radius 1 is 1.53 bits per heavy atom. The van der Waals surface area contributed by atoms with E-state index in [0.717, 1.165) is 6.54 Å². The molecule has 1 N–H and O–H groups in total. The van der Waals surface area contributed by atoms with Crippen LogP contribution in [0.1, 0.15) is 16.3 Å². The third-order valence-electron chi connectivity index (χ3n) is 2.20. The Balaban J connectivity index is 0.00000256. The molecule has 0 radical (unpaired) electrons. The highest BCUT2D eigenvalue weighted by atomic mass is 35.5. The fraction of sp³-hybridized carbons (Fsp3) is 0.545. The minimum Gasteiger partial charge on any atom is -0.453 e. The number of carbonyl (C=O) groups is 1. The highest BCUT2D eigenvalue weighted by molar-refractivity contribution is 5.91. The summed E-state index contributed by atoms with van der Waals surface area (Å²) in [6.07, 6.45) is 0. The van der Waals surface area contributed by atoms with Crippen molar-refractivity contribution in [3.05, 3.63) is 23.7 Å². The number of furan rings is 1. The molecule has 6 heteroatoms. The number of methoxy groups -OCH3 is 1. The lowest BCUT2D eigenvalue weighted by Crippen LogP contribution is -2.32. The molecule has 17 heavy (non-hydrogen) atoms. The van der Waals surface area contributed by atoms with Crippen molar-refractivity contribution >= 4 is 18.3 Å². The third kappa shape index (κ3) is 4.77. The van der Waals surface area contributed by atoms with Gasteiger partial charge in [0.2, 0.25) is 0 Å². The number of hydrogen-bond donors (Lipinski definition) is 1. The molecule has 0 bridgehead atoms. The molecule has 0 fully saturated rings. The Hall–Kier alpha value is -1.04. The number of hydrogen-bond acceptors (Lipinski definition) is 4. The highest BCUT2D eigenvalue weighted by Crippen LogP contribution is 2.10. The molecule has 0 unspecified atom stereocenters. The number of ether oxygens (including phenoxy) is 1. The van der Waals surface area contributed by atoms with Crippen molar-refractivity contribution in [1.29, 1.82) is 0 Å². The molecule has 98 valence electrons. The van der Waals surface area contributed by atoms with Crippen LogP contribution in [0.25, 0.3) is 0 Å². The normalized spacial score (nSPS) is 9.82. The number of amides is 1. The zero-order valence-corrected chi connectivity index (χ0v) is 11.2. The summed E-state index contributed by atoms with van der Waals surface area (Å²) in [5.74, 6) is 0.899. The number of carbonyl (C=O) groups excluding carboxylic acids is 1. The monoisotopic (exact) mass is 262 g/mol.